The quantitative estimate of drug-likeness (QED) is 0.203. The number of benzene rings is 1. The lowest BCUT2D eigenvalue weighted by Gasteiger charge is -2.50. The Morgan fingerprint density at radius 2 is 1.87 bits per heavy atom. The second kappa shape index (κ2) is 10.9. The highest BCUT2D eigenvalue weighted by atomic mass is 19.4. The molecule has 0 radical (unpaired) electrons. The van der Waals surface area contributed by atoms with Crippen molar-refractivity contribution in [1.82, 2.24) is 15.5 Å². The number of unbranched alkanes of at least 4 members (excludes halogenated alkanes) is 6. The van der Waals surface area contributed by atoms with Gasteiger partial charge >= 0.3 is 12.1 Å². The van der Waals surface area contributed by atoms with Gasteiger partial charge in [-0.3, -0.25) is 16.0 Å². The lowest BCUT2D eigenvalue weighted by Crippen LogP contribution is -2.57. The number of ether oxygens (including phenoxy) is 1. The Morgan fingerprint density at radius 1 is 1.16 bits per heavy atom. The van der Waals surface area contributed by atoms with Crippen LogP contribution in [0.2, 0.25) is 0 Å². The number of guanidine groups is 1. The van der Waals surface area contributed by atoms with Crippen molar-refractivity contribution in [3.63, 3.8) is 0 Å². The van der Waals surface area contributed by atoms with E-state index < -0.39 is 11.7 Å². The summed E-state index contributed by atoms with van der Waals surface area (Å²) >= 11 is 0. The van der Waals surface area contributed by atoms with Crippen molar-refractivity contribution in [3.05, 3.63) is 40.9 Å². The van der Waals surface area contributed by atoms with Crippen molar-refractivity contribution in [1.29, 1.82) is 0 Å². The number of nitrogens with two attached hydrogens (primary N) is 2. The number of hydrogen-bond acceptors (Lipinski definition) is 5. The number of alkyl halides is 3. The molecule has 1 aromatic carbocycles. The van der Waals surface area contributed by atoms with Gasteiger partial charge in [-0.1, -0.05) is 50.6 Å². The van der Waals surface area contributed by atoms with Crippen LogP contribution in [0.1, 0.15) is 82.2 Å². The second-order valence-electron chi connectivity index (χ2n) is 10.4. The molecule has 1 aliphatic carbocycles. The van der Waals surface area contributed by atoms with Crippen molar-refractivity contribution in [3.8, 4) is 17.1 Å². The predicted octanol–water partition coefficient (Wildman–Crippen LogP) is 4.86. The topological polar surface area (TPSA) is 115 Å². The summed E-state index contributed by atoms with van der Waals surface area (Å²) in [5.74, 6) is 0.468. The number of nitrogens with zero attached hydrogens (tertiary/aromatic N) is 3. The average molecular weight is 534 g/mol. The van der Waals surface area contributed by atoms with E-state index in [2.05, 4.69) is 22.4 Å². The van der Waals surface area contributed by atoms with Crippen molar-refractivity contribution < 1.29 is 27.0 Å². The summed E-state index contributed by atoms with van der Waals surface area (Å²) in [5.41, 5.74) is 13.8. The maximum absolute atomic E-state index is 13.9. The van der Waals surface area contributed by atoms with E-state index in [9.17, 15) is 13.2 Å². The molecule has 3 atom stereocenters. The lowest BCUT2D eigenvalue weighted by molar-refractivity contribution is -0.558. The minimum atomic E-state index is -4.58. The summed E-state index contributed by atoms with van der Waals surface area (Å²) in [6, 6.07) is 3.92. The minimum Gasteiger partial charge on any atom is -0.493 e. The Kier molecular flexibility index (Phi) is 7.54. The van der Waals surface area contributed by atoms with E-state index in [-0.39, 0.29) is 41.7 Å². The maximum atomic E-state index is 13.9. The van der Waals surface area contributed by atoms with Crippen molar-refractivity contribution in [2.24, 2.45) is 17.4 Å². The van der Waals surface area contributed by atoms with Gasteiger partial charge in [0.1, 0.15) is 5.75 Å². The molecular formula is C27H36F3N6O2+. The maximum Gasteiger partial charge on any atom is 0.419 e. The zero-order valence-electron chi connectivity index (χ0n) is 21.7. The molecule has 11 heteroatoms. The molecule has 0 saturated carbocycles. The highest BCUT2D eigenvalue weighted by molar-refractivity contribution is 5.70. The highest BCUT2D eigenvalue weighted by Gasteiger charge is 2.52. The largest absolute Gasteiger partial charge is 0.493 e. The molecule has 4 heterocycles. The second-order valence-corrected chi connectivity index (χ2v) is 10.4. The molecule has 2 unspecified atom stereocenters. The van der Waals surface area contributed by atoms with Gasteiger partial charge in [0, 0.05) is 23.6 Å². The number of hydrogen-bond donors (Lipinski definition) is 3. The number of aromatic nitrogens is 2. The van der Waals surface area contributed by atoms with Crippen LogP contribution in [0, 0.1) is 5.92 Å². The number of rotatable bonds is 12. The third kappa shape index (κ3) is 5.19. The van der Waals surface area contributed by atoms with Crippen LogP contribution >= 0.6 is 0 Å². The Balaban J connectivity index is 1.30. The van der Waals surface area contributed by atoms with Gasteiger partial charge in [-0.15, -0.1) is 0 Å². The van der Waals surface area contributed by atoms with Gasteiger partial charge in [-0.2, -0.15) is 18.2 Å². The minimum absolute atomic E-state index is 0.0832. The monoisotopic (exact) mass is 533 g/mol. The zero-order chi connectivity index (χ0) is 26.9. The molecule has 2 fully saturated rings. The fraction of sp³-hybridized carbons (Fsp3) is 0.593. The van der Waals surface area contributed by atoms with Gasteiger partial charge in [0.05, 0.1) is 24.8 Å². The van der Waals surface area contributed by atoms with E-state index in [4.69, 9.17) is 20.7 Å². The molecule has 2 bridgehead atoms. The lowest BCUT2D eigenvalue weighted by atomic mass is 9.69. The summed E-state index contributed by atoms with van der Waals surface area (Å²) in [6.45, 7) is 3.05. The molecule has 6 rings (SSSR count). The van der Waals surface area contributed by atoms with Crippen LogP contribution < -0.4 is 21.5 Å². The van der Waals surface area contributed by atoms with Crippen LogP contribution in [-0.4, -0.2) is 39.9 Å². The third-order valence-corrected chi connectivity index (χ3v) is 7.85. The normalized spacial score (nSPS) is 22.2. The van der Waals surface area contributed by atoms with E-state index in [1.165, 1.54) is 42.7 Å². The van der Waals surface area contributed by atoms with E-state index in [0.717, 1.165) is 38.2 Å². The molecule has 4 aliphatic rings. The summed E-state index contributed by atoms with van der Waals surface area (Å²) in [7, 11) is 0. The van der Waals surface area contributed by atoms with Crippen LogP contribution in [0.3, 0.4) is 0 Å². The summed E-state index contributed by atoms with van der Waals surface area (Å²) in [5, 5.41) is 7.36. The fourth-order valence-corrected chi connectivity index (χ4v) is 5.71. The Labute approximate surface area is 220 Å². The van der Waals surface area contributed by atoms with E-state index in [0.29, 0.717) is 24.9 Å². The third-order valence-electron chi connectivity index (χ3n) is 7.85. The SMILES string of the molecule is CCCCCCCCCOc1ccc(-c2noc([C@@H]3C(C4=C5CC4N5)CC[N+]3=C(N)N)n2)cc1C(F)(F)F. The van der Waals surface area contributed by atoms with Gasteiger partial charge in [-0.25, -0.2) is 0 Å². The summed E-state index contributed by atoms with van der Waals surface area (Å²) < 4.78 is 54.7. The fourth-order valence-electron chi connectivity index (χ4n) is 5.71. The van der Waals surface area contributed by atoms with Crippen LogP contribution in [0.4, 0.5) is 13.2 Å². The first-order valence-corrected chi connectivity index (χ1v) is 13.6. The van der Waals surface area contributed by atoms with Gasteiger partial charge in [0.2, 0.25) is 5.82 Å². The summed E-state index contributed by atoms with van der Waals surface area (Å²) in [4.78, 5) is 4.50. The first kappa shape index (κ1) is 26.4. The average Bonchev–Trinajstić information content (AvgIpc) is 3.45. The van der Waals surface area contributed by atoms with Crippen LogP contribution in [-0.2, 0) is 6.18 Å². The smallest absolute Gasteiger partial charge is 0.419 e. The molecule has 2 aromatic rings. The highest BCUT2D eigenvalue weighted by Crippen LogP contribution is 2.50. The summed E-state index contributed by atoms with van der Waals surface area (Å²) in [6.07, 6.45) is 4.76. The van der Waals surface area contributed by atoms with Crippen LogP contribution in [0.5, 0.6) is 5.75 Å². The van der Waals surface area contributed by atoms with Gasteiger partial charge in [-0.05, 0) is 36.6 Å². The van der Waals surface area contributed by atoms with Gasteiger partial charge in [0.25, 0.3) is 5.89 Å². The molecule has 3 aliphatic heterocycles. The molecule has 2 saturated heterocycles. The first-order chi connectivity index (χ1) is 18.3. The molecular weight excluding hydrogens is 497 g/mol. The number of halogens is 3. The molecule has 206 valence electrons. The Hall–Kier alpha value is -3.24. The van der Waals surface area contributed by atoms with E-state index in [1.807, 2.05) is 4.58 Å². The Bertz CT molecular complexity index is 1210. The Morgan fingerprint density at radius 3 is 2.50 bits per heavy atom. The number of nitrogens with one attached hydrogen (secondary N) is 1. The standard InChI is InChI=1S/C27H35F3N6O2/c1-2-3-4-5-6-7-8-13-37-21-10-9-16(14-18(21)27(28,29)30)24-34-25(38-35-24)23-17(11-12-36(23)26(31)32)22-19-15-20(22)33-19/h9-10,14,17,19,23,33H,2-8,11-13,15H2,1H3,(H3,31,32)/p+1/t17?,19?,23-/m0/s1. The molecule has 1 aromatic heterocycles. The molecule has 5 N–H and O–H groups in total. The van der Waals surface area contributed by atoms with Crippen LogP contribution in [0.25, 0.3) is 11.4 Å². The molecule has 0 amide bonds. The zero-order valence-corrected chi connectivity index (χ0v) is 21.7. The molecule has 38 heavy (non-hydrogen) atoms. The van der Waals surface area contributed by atoms with Crippen molar-refractivity contribution >= 4 is 5.96 Å². The van der Waals surface area contributed by atoms with Gasteiger partial charge < -0.3 is 14.6 Å². The first-order valence-electron chi connectivity index (χ1n) is 13.6. The molecule has 0 spiro atoms. The van der Waals surface area contributed by atoms with E-state index in [1.54, 1.807) is 0 Å². The van der Waals surface area contributed by atoms with Crippen molar-refractivity contribution in [2.45, 2.75) is 83.0 Å². The van der Waals surface area contributed by atoms with E-state index >= 15 is 0 Å². The van der Waals surface area contributed by atoms with Crippen molar-refractivity contribution in [2.75, 3.05) is 13.2 Å². The molecule has 8 nitrogen and oxygen atoms in total. The van der Waals surface area contributed by atoms with Crippen LogP contribution in [0.15, 0.2) is 34.0 Å². The predicted molar refractivity (Wildman–Crippen MR) is 136 cm³/mol. The van der Waals surface area contributed by atoms with Gasteiger partial charge in [0.15, 0.2) is 6.04 Å².